The van der Waals surface area contributed by atoms with E-state index >= 15 is 0 Å². The number of hydrogen-bond donors (Lipinski definition) is 1. The van der Waals surface area contributed by atoms with Crippen LogP contribution in [-0.4, -0.2) is 26.7 Å². The molecule has 0 radical (unpaired) electrons. The van der Waals surface area contributed by atoms with Crippen molar-refractivity contribution in [3.63, 3.8) is 0 Å². The van der Waals surface area contributed by atoms with E-state index in [2.05, 4.69) is 12.2 Å². The van der Waals surface area contributed by atoms with Crippen molar-refractivity contribution in [2.75, 3.05) is 20.8 Å². The summed E-state index contributed by atoms with van der Waals surface area (Å²) >= 11 is 0. The van der Waals surface area contributed by atoms with Crippen LogP contribution in [-0.2, 0) is 4.79 Å². The Morgan fingerprint density at radius 1 is 1.32 bits per heavy atom. The lowest BCUT2D eigenvalue weighted by molar-refractivity contribution is -0.116. The van der Waals surface area contributed by atoms with Crippen molar-refractivity contribution in [2.45, 2.75) is 19.8 Å². The zero-order chi connectivity index (χ0) is 14.1. The van der Waals surface area contributed by atoms with Crippen molar-refractivity contribution in [1.82, 2.24) is 5.32 Å². The monoisotopic (exact) mass is 263 g/mol. The molecule has 0 saturated heterocycles. The van der Waals surface area contributed by atoms with Gasteiger partial charge in [-0.1, -0.05) is 13.3 Å². The third-order valence-electron chi connectivity index (χ3n) is 2.68. The summed E-state index contributed by atoms with van der Waals surface area (Å²) in [6.07, 6.45) is 5.28. The molecule has 0 unspecified atom stereocenters. The number of carbonyl (C=O) groups excluding carboxylic acids is 1. The molecule has 0 aliphatic heterocycles. The number of benzene rings is 1. The maximum atomic E-state index is 11.6. The van der Waals surface area contributed by atoms with Crippen LogP contribution < -0.4 is 14.8 Å². The number of rotatable bonds is 7. The minimum Gasteiger partial charge on any atom is -0.497 e. The van der Waals surface area contributed by atoms with Crippen molar-refractivity contribution in [2.24, 2.45) is 0 Å². The van der Waals surface area contributed by atoms with Crippen LogP contribution in [0.25, 0.3) is 6.08 Å². The lowest BCUT2D eigenvalue weighted by atomic mass is 10.1. The van der Waals surface area contributed by atoms with Gasteiger partial charge in [0.25, 0.3) is 0 Å². The third kappa shape index (κ3) is 5.04. The second-order valence-electron chi connectivity index (χ2n) is 4.09. The molecule has 0 bridgehead atoms. The van der Waals surface area contributed by atoms with E-state index in [4.69, 9.17) is 9.47 Å². The number of amides is 1. The van der Waals surface area contributed by atoms with E-state index in [1.54, 1.807) is 20.3 Å². The summed E-state index contributed by atoms with van der Waals surface area (Å²) in [5.74, 6) is 1.34. The first-order valence-corrected chi connectivity index (χ1v) is 6.39. The summed E-state index contributed by atoms with van der Waals surface area (Å²) in [6, 6.07) is 5.46. The zero-order valence-electron chi connectivity index (χ0n) is 11.7. The Morgan fingerprint density at radius 3 is 2.74 bits per heavy atom. The molecule has 0 spiro atoms. The fourth-order valence-electron chi connectivity index (χ4n) is 1.58. The Hall–Kier alpha value is -1.97. The molecule has 1 rings (SSSR count). The number of carbonyl (C=O) groups is 1. The lowest BCUT2D eigenvalue weighted by Crippen LogP contribution is -2.21. The van der Waals surface area contributed by atoms with Gasteiger partial charge in [-0.05, 0) is 30.7 Å². The Morgan fingerprint density at radius 2 is 2.11 bits per heavy atom. The fraction of sp³-hybridized carbons (Fsp3) is 0.400. The largest absolute Gasteiger partial charge is 0.497 e. The maximum Gasteiger partial charge on any atom is 0.244 e. The fourth-order valence-corrected chi connectivity index (χ4v) is 1.58. The molecule has 104 valence electrons. The van der Waals surface area contributed by atoms with Crippen molar-refractivity contribution in [3.8, 4) is 11.5 Å². The van der Waals surface area contributed by atoms with Crippen LogP contribution in [0.5, 0.6) is 11.5 Å². The molecule has 0 aromatic heterocycles. The Kier molecular flexibility index (Phi) is 6.50. The van der Waals surface area contributed by atoms with Crippen LogP contribution in [0.1, 0.15) is 25.3 Å². The van der Waals surface area contributed by atoms with Gasteiger partial charge in [0.1, 0.15) is 11.5 Å². The predicted molar refractivity (Wildman–Crippen MR) is 76.5 cm³/mol. The van der Waals surface area contributed by atoms with Crippen molar-refractivity contribution in [3.05, 3.63) is 29.8 Å². The van der Waals surface area contributed by atoms with Crippen molar-refractivity contribution < 1.29 is 14.3 Å². The molecule has 0 saturated carbocycles. The van der Waals surface area contributed by atoms with Crippen LogP contribution in [0.4, 0.5) is 0 Å². The maximum absolute atomic E-state index is 11.6. The average molecular weight is 263 g/mol. The smallest absolute Gasteiger partial charge is 0.244 e. The van der Waals surface area contributed by atoms with Gasteiger partial charge in [0, 0.05) is 18.2 Å². The van der Waals surface area contributed by atoms with E-state index in [0.29, 0.717) is 12.3 Å². The van der Waals surface area contributed by atoms with E-state index in [-0.39, 0.29) is 5.91 Å². The van der Waals surface area contributed by atoms with Crippen LogP contribution in [0.3, 0.4) is 0 Å². The van der Waals surface area contributed by atoms with Crippen molar-refractivity contribution >= 4 is 12.0 Å². The molecule has 1 N–H and O–H groups in total. The predicted octanol–water partition coefficient (Wildman–Crippen LogP) is 2.63. The topological polar surface area (TPSA) is 47.6 Å². The number of ether oxygens (including phenoxy) is 2. The highest BCUT2D eigenvalue weighted by Crippen LogP contribution is 2.24. The quantitative estimate of drug-likeness (QED) is 0.607. The van der Waals surface area contributed by atoms with Crippen LogP contribution in [0.2, 0.25) is 0 Å². The minimum atomic E-state index is -0.0988. The number of hydrogen-bond acceptors (Lipinski definition) is 3. The SMILES string of the molecule is CCCCNC(=O)C=Cc1cc(OC)ccc1OC. The van der Waals surface area contributed by atoms with Gasteiger partial charge in [0.2, 0.25) is 5.91 Å². The van der Waals surface area contributed by atoms with Gasteiger partial charge in [-0.15, -0.1) is 0 Å². The molecular formula is C15H21NO3. The molecule has 1 amide bonds. The molecule has 1 aromatic carbocycles. The van der Waals surface area contributed by atoms with Gasteiger partial charge in [0.05, 0.1) is 14.2 Å². The molecule has 0 aliphatic carbocycles. The van der Waals surface area contributed by atoms with E-state index in [1.165, 1.54) is 6.08 Å². The van der Waals surface area contributed by atoms with Gasteiger partial charge >= 0.3 is 0 Å². The number of nitrogens with one attached hydrogen (secondary N) is 1. The van der Waals surface area contributed by atoms with E-state index in [1.807, 2.05) is 18.2 Å². The standard InChI is InChI=1S/C15H21NO3/c1-4-5-10-16-15(17)9-6-12-11-13(18-2)7-8-14(12)19-3/h6-9,11H,4-5,10H2,1-3H3,(H,16,17). The van der Waals surface area contributed by atoms with Crippen LogP contribution in [0, 0.1) is 0 Å². The average Bonchev–Trinajstić information content (AvgIpc) is 2.45. The highest BCUT2D eigenvalue weighted by molar-refractivity contribution is 5.92. The molecule has 0 heterocycles. The van der Waals surface area contributed by atoms with E-state index in [9.17, 15) is 4.79 Å². The molecule has 4 nitrogen and oxygen atoms in total. The first-order chi connectivity index (χ1) is 9.21. The molecule has 0 atom stereocenters. The molecule has 19 heavy (non-hydrogen) atoms. The second kappa shape index (κ2) is 8.19. The third-order valence-corrected chi connectivity index (χ3v) is 2.68. The van der Waals surface area contributed by atoms with Crippen molar-refractivity contribution in [1.29, 1.82) is 0 Å². The number of methoxy groups -OCH3 is 2. The van der Waals surface area contributed by atoms with Crippen LogP contribution >= 0.6 is 0 Å². The van der Waals surface area contributed by atoms with E-state index < -0.39 is 0 Å². The van der Waals surface area contributed by atoms with Gasteiger partial charge in [-0.3, -0.25) is 4.79 Å². The van der Waals surface area contributed by atoms with Gasteiger partial charge in [0.15, 0.2) is 0 Å². The van der Waals surface area contributed by atoms with Gasteiger partial charge in [-0.2, -0.15) is 0 Å². The van der Waals surface area contributed by atoms with Crippen LogP contribution in [0.15, 0.2) is 24.3 Å². The first-order valence-electron chi connectivity index (χ1n) is 6.39. The molecule has 4 heteroatoms. The Labute approximate surface area is 114 Å². The molecule has 0 fully saturated rings. The molecular weight excluding hydrogens is 242 g/mol. The summed E-state index contributed by atoms with van der Waals surface area (Å²) < 4.78 is 10.4. The normalized spacial score (nSPS) is 10.5. The second-order valence-corrected chi connectivity index (χ2v) is 4.09. The zero-order valence-corrected chi connectivity index (χ0v) is 11.7. The summed E-state index contributed by atoms with van der Waals surface area (Å²) in [5, 5.41) is 2.82. The number of unbranched alkanes of at least 4 members (excludes halogenated alkanes) is 1. The summed E-state index contributed by atoms with van der Waals surface area (Å²) in [7, 11) is 3.20. The van der Waals surface area contributed by atoms with Gasteiger partial charge in [-0.25, -0.2) is 0 Å². The van der Waals surface area contributed by atoms with Gasteiger partial charge < -0.3 is 14.8 Å². The Bertz CT molecular complexity index is 441. The minimum absolute atomic E-state index is 0.0988. The molecule has 1 aromatic rings. The first kappa shape index (κ1) is 15.1. The highest BCUT2D eigenvalue weighted by Gasteiger charge is 2.02. The summed E-state index contributed by atoms with van der Waals surface area (Å²) in [4.78, 5) is 11.6. The summed E-state index contributed by atoms with van der Waals surface area (Å²) in [6.45, 7) is 2.79. The van der Waals surface area contributed by atoms with E-state index in [0.717, 1.165) is 24.2 Å². The Balaban J connectivity index is 2.71. The summed E-state index contributed by atoms with van der Waals surface area (Å²) in [5.41, 5.74) is 0.812. The lowest BCUT2D eigenvalue weighted by Gasteiger charge is -2.07. The highest BCUT2D eigenvalue weighted by atomic mass is 16.5. The molecule has 0 aliphatic rings.